The van der Waals surface area contributed by atoms with Crippen LogP contribution in [-0.4, -0.2) is 16.8 Å². The van der Waals surface area contributed by atoms with Crippen LogP contribution >= 0.6 is 0 Å². The highest BCUT2D eigenvalue weighted by molar-refractivity contribution is 8.10. The number of hydrogen-bond acceptors (Lipinski definition) is 6. The second-order valence-corrected chi connectivity index (χ2v) is 14.7. The number of benzene rings is 4. The number of anilines is 1. The number of fused-ring (bicyclic) bond motifs is 1. The van der Waals surface area contributed by atoms with E-state index in [0.29, 0.717) is 14.7 Å². The van der Waals surface area contributed by atoms with Crippen molar-refractivity contribution in [3.8, 4) is 11.1 Å². The minimum Gasteiger partial charge on any atom is -0.422 e. The Morgan fingerprint density at radius 2 is 1.23 bits per heavy atom. The standard InChI is InChI=1S/C35H35NO6S2/c1-4-6-8-27-13-20-32(21-14-27)44(40,41)36(43(38,39)31-18-9-25(3)10-19-31)30-17-22-34-29(23-30)24-33(35(37)42-34)28-15-11-26(7-5-2)12-16-28/h9-24H,4-8H2,1-3H3. The second kappa shape index (κ2) is 12.8. The maximum absolute atomic E-state index is 14.2. The molecule has 1 heterocycles. The number of aryl methyl sites for hydroxylation is 3. The van der Waals surface area contributed by atoms with Crippen molar-refractivity contribution >= 4 is 36.7 Å². The molecule has 5 rings (SSSR count). The predicted octanol–water partition coefficient (Wildman–Crippen LogP) is 7.65. The smallest absolute Gasteiger partial charge is 0.344 e. The summed E-state index contributed by atoms with van der Waals surface area (Å²) in [6.45, 7) is 5.99. The zero-order chi connectivity index (χ0) is 31.5. The molecule has 7 nitrogen and oxygen atoms in total. The zero-order valence-corrected chi connectivity index (χ0v) is 26.6. The molecule has 0 aliphatic heterocycles. The van der Waals surface area contributed by atoms with Crippen molar-refractivity contribution in [2.45, 2.75) is 62.7 Å². The van der Waals surface area contributed by atoms with E-state index in [-0.39, 0.29) is 26.6 Å². The number of sulfonamides is 2. The van der Waals surface area contributed by atoms with Crippen LogP contribution in [0.25, 0.3) is 22.1 Å². The zero-order valence-electron chi connectivity index (χ0n) is 25.0. The van der Waals surface area contributed by atoms with Crippen LogP contribution in [0.3, 0.4) is 0 Å². The van der Waals surface area contributed by atoms with Crippen LogP contribution in [0.4, 0.5) is 5.69 Å². The molecule has 0 radical (unpaired) electrons. The summed E-state index contributed by atoms with van der Waals surface area (Å²) in [4.78, 5) is 12.6. The molecule has 0 atom stereocenters. The first-order valence-corrected chi connectivity index (χ1v) is 17.6. The fourth-order valence-electron chi connectivity index (χ4n) is 5.08. The van der Waals surface area contributed by atoms with Crippen molar-refractivity contribution in [2.75, 3.05) is 3.71 Å². The largest absolute Gasteiger partial charge is 0.422 e. The molecule has 4 aromatic carbocycles. The van der Waals surface area contributed by atoms with Crippen molar-refractivity contribution in [1.29, 1.82) is 0 Å². The van der Waals surface area contributed by atoms with Gasteiger partial charge in [0.2, 0.25) is 0 Å². The number of unbranched alkanes of at least 4 members (excludes halogenated alkanes) is 1. The molecule has 0 bridgehead atoms. The average molecular weight is 630 g/mol. The van der Waals surface area contributed by atoms with Crippen LogP contribution in [0.1, 0.15) is 49.8 Å². The van der Waals surface area contributed by atoms with Crippen LogP contribution < -0.4 is 9.34 Å². The van der Waals surface area contributed by atoms with Gasteiger partial charge in [-0.05, 0) is 91.4 Å². The molecule has 0 N–H and O–H groups in total. The van der Waals surface area contributed by atoms with Gasteiger partial charge in [0, 0.05) is 5.39 Å². The molecule has 0 spiro atoms. The van der Waals surface area contributed by atoms with E-state index >= 15 is 0 Å². The summed E-state index contributed by atoms with van der Waals surface area (Å²) in [5, 5.41) is 0.379. The fourth-order valence-corrected chi connectivity index (χ4v) is 8.76. The van der Waals surface area contributed by atoms with E-state index in [1.807, 2.05) is 31.2 Å². The van der Waals surface area contributed by atoms with Gasteiger partial charge in [0.05, 0.1) is 21.0 Å². The van der Waals surface area contributed by atoms with Gasteiger partial charge in [0.25, 0.3) is 20.0 Å². The normalized spacial score (nSPS) is 12.0. The minimum absolute atomic E-state index is 0.105. The van der Waals surface area contributed by atoms with Gasteiger partial charge in [0.1, 0.15) is 5.58 Å². The second-order valence-electron chi connectivity index (χ2n) is 10.9. The molecule has 0 aliphatic carbocycles. The molecule has 44 heavy (non-hydrogen) atoms. The molecular formula is C35H35NO6S2. The van der Waals surface area contributed by atoms with Gasteiger partial charge in [-0.2, -0.15) is 3.71 Å². The van der Waals surface area contributed by atoms with Gasteiger partial charge in [-0.1, -0.05) is 80.8 Å². The maximum atomic E-state index is 14.2. The monoisotopic (exact) mass is 629 g/mol. The summed E-state index contributed by atoms with van der Waals surface area (Å²) in [5.41, 5.74) is 3.42. The SMILES string of the molecule is CCCCc1ccc(S(=O)(=O)N(c2ccc3oc(=O)c(-c4ccc(CCC)cc4)cc3c2)S(=O)(=O)c2ccc(C)cc2)cc1. The molecule has 0 aliphatic rings. The lowest BCUT2D eigenvalue weighted by Gasteiger charge is -2.24. The van der Waals surface area contributed by atoms with E-state index in [9.17, 15) is 21.6 Å². The first kappa shape index (κ1) is 31.2. The summed E-state index contributed by atoms with van der Waals surface area (Å²) in [7, 11) is -9.20. The molecule has 1 aromatic heterocycles. The van der Waals surface area contributed by atoms with Crippen LogP contribution in [0.5, 0.6) is 0 Å². The average Bonchev–Trinajstić information content (AvgIpc) is 3.00. The molecular weight excluding hydrogens is 595 g/mol. The lowest BCUT2D eigenvalue weighted by atomic mass is 10.0. The van der Waals surface area contributed by atoms with Crippen molar-refractivity contribution in [2.24, 2.45) is 0 Å². The lowest BCUT2D eigenvalue weighted by Crippen LogP contribution is -2.37. The number of hydrogen-bond donors (Lipinski definition) is 0. The van der Waals surface area contributed by atoms with E-state index in [1.165, 1.54) is 42.5 Å². The highest BCUT2D eigenvalue weighted by Gasteiger charge is 2.37. The lowest BCUT2D eigenvalue weighted by molar-refractivity contribution is 0.563. The van der Waals surface area contributed by atoms with E-state index in [0.717, 1.165) is 48.8 Å². The topological polar surface area (TPSA) is 102 Å². The Hall–Kier alpha value is -4.21. The summed E-state index contributed by atoms with van der Waals surface area (Å²) in [5.74, 6) is 0. The summed E-state index contributed by atoms with van der Waals surface area (Å²) in [6, 6.07) is 25.7. The molecule has 5 aromatic rings. The molecule has 0 saturated carbocycles. The predicted molar refractivity (Wildman–Crippen MR) is 175 cm³/mol. The van der Waals surface area contributed by atoms with Crippen LogP contribution in [0.15, 0.2) is 116 Å². The summed E-state index contributed by atoms with van der Waals surface area (Å²) < 4.78 is 62.6. The van der Waals surface area contributed by atoms with E-state index in [1.54, 1.807) is 30.3 Å². The number of nitrogens with zero attached hydrogens (tertiary/aromatic N) is 1. The Bertz CT molecular complexity index is 2050. The summed E-state index contributed by atoms with van der Waals surface area (Å²) >= 11 is 0. The molecule has 9 heteroatoms. The van der Waals surface area contributed by atoms with E-state index in [4.69, 9.17) is 4.42 Å². The Kier molecular flexibility index (Phi) is 9.08. The number of rotatable bonds is 11. The van der Waals surface area contributed by atoms with Gasteiger partial charge in [0.15, 0.2) is 0 Å². The van der Waals surface area contributed by atoms with Gasteiger partial charge in [-0.25, -0.2) is 21.6 Å². The maximum Gasteiger partial charge on any atom is 0.344 e. The quantitative estimate of drug-likeness (QED) is 0.139. The van der Waals surface area contributed by atoms with Gasteiger partial charge >= 0.3 is 5.63 Å². The highest BCUT2D eigenvalue weighted by atomic mass is 32.3. The van der Waals surface area contributed by atoms with Gasteiger partial charge < -0.3 is 4.42 Å². The Morgan fingerprint density at radius 1 is 0.659 bits per heavy atom. The van der Waals surface area contributed by atoms with E-state index < -0.39 is 25.7 Å². The van der Waals surface area contributed by atoms with E-state index in [2.05, 4.69) is 13.8 Å². The molecule has 228 valence electrons. The first-order valence-electron chi connectivity index (χ1n) is 14.7. The third-order valence-electron chi connectivity index (χ3n) is 7.53. The highest BCUT2D eigenvalue weighted by Crippen LogP contribution is 2.34. The Morgan fingerprint density at radius 3 is 1.82 bits per heavy atom. The molecule has 0 unspecified atom stereocenters. The van der Waals surface area contributed by atoms with Crippen molar-refractivity contribution in [1.82, 2.24) is 0 Å². The van der Waals surface area contributed by atoms with Crippen LogP contribution in [0, 0.1) is 6.92 Å². The molecule has 0 amide bonds. The molecule has 0 fully saturated rings. The van der Waals surface area contributed by atoms with Crippen molar-refractivity contribution < 1.29 is 21.3 Å². The summed E-state index contributed by atoms with van der Waals surface area (Å²) in [6.07, 6.45) is 4.65. The minimum atomic E-state index is -4.60. The van der Waals surface area contributed by atoms with Crippen molar-refractivity contribution in [3.05, 3.63) is 124 Å². The van der Waals surface area contributed by atoms with Crippen molar-refractivity contribution in [3.63, 3.8) is 0 Å². The van der Waals surface area contributed by atoms with Crippen LogP contribution in [-0.2, 0) is 32.9 Å². The van der Waals surface area contributed by atoms with Crippen LogP contribution in [0.2, 0.25) is 0 Å². The molecule has 0 saturated heterocycles. The Labute approximate surface area is 258 Å². The Balaban J connectivity index is 1.66. The first-order chi connectivity index (χ1) is 21.0. The fraction of sp³-hybridized carbons (Fsp3) is 0.229. The van der Waals surface area contributed by atoms with Gasteiger partial charge in [-0.15, -0.1) is 0 Å². The third kappa shape index (κ3) is 6.34. The third-order valence-corrected chi connectivity index (χ3v) is 11.7. The van der Waals surface area contributed by atoms with Gasteiger partial charge in [-0.3, -0.25) is 0 Å².